The van der Waals surface area contributed by atoms with E-state index in [2.05, 4.69) is 10.6 Å². The van der Waals surface area contributed by atoms with Gasteiger partial charge in [0.2, 0.25) is 5.91 Å². The smallest absolute Gasteiger partial charge is 0.224 e. The van der Waals surface area contributed by atoms with E-state index in [1.165, 1.54) is 6.42 Å². The molecule has 0 spiro atoms. The second-order valence-electron chi connectivity index (χ2n) is 8.49. The van der Waals surface area contributed by atoms with E-state index >= 15 is 0 Å². The molecule has 2 saturated heterocycles. The number of alkyl halides is 1. The maximum absolute atomic E-state index is 13.6. The third-order valence-electron chi connectivity index (χ3n) is 6.62. The van der Waals surface area contributed by atoms with Gasteiger partial charge in [-0.2, -0.15) is 0 Å². The summed E-state index contributed by atoms with van der Waals surface area (Å²) >= 11 is 1.83. The van der Waals surface area contributed by atoms with E-state index in [9.17, 15) is 9.18 Å². The minimum atomic E-state index is -0.594. The fourth-order valence-corrected chi connectivity index (χ4v) is 6.51. The van der Waals surface area contributed by atoms with Gasteiger partial charge in [0.15, 0.2) is 0 Å². The lowest BCUT2D eigenvalue weighted by atomic mass is 9.75. The minimum Gasteiger partial charge on any atom is -0.381 e. The van der Waals surface area contributed by atoms with Gasteiger partial charge in [-0.05, 0) is 56.3 Å². The van der Waals surface area contributed by atoms with Crippen molar-refractivity contribution in [1.82, 2.24) is 10.6 Å². The second-order valence-corrected chi connectivity index (χ2v) is 9.90. The van der Waals surface area contributed by atoms with Crippen molar-refractivity contribution in [3.8, 4) is 0 Å². The molecule has 0 aromatic rings. The Kier molecular flexibility index (Phi) is 5.87. The molecule has 4 fully saturated rings. The lowest BCUT2D eigenvalue weighted by molar-refractivity contribution is -0.127. The van der Waals surface area contributed by atoms with Crippen molar-refractivity contribution >= 4 is 17.7 Å². The largest absolute Gasteiger partial charge is 0.381 e. The first-order valence-electron chi connectivity index (χ1n) is 10.1. The molecule has 7 atom stereocenters. The van der Waals surface area contributed by atoms with Gasteiger partial charge in [0.1, 0.15) is 11.7 Å². The van der Waals surface area contributed by atoms with E-state index in [1.54, 1.807) is 0 Å². The van der Waals surface area contributed by atoms with Crippen molar-refractivity contribution in [2.24, 2.45) is 23.7 Å². The monoisotopic (exact) mass is 370 g/mol. The Labute approximate surface area is 154 Å². The van der Waals surface area contributed by atoms with E-state index in [0.29, 0.717) is 23.0 Å². The number of fused-ring (bicyclic) bond motifs is 1. The van der Waals surface area contributed by atoms with Crippen LogP contribution in [0.5, 0.6) is 0 Å². The topological polar surface area (TPSA) is 50.4 Å². The van der Waals surface area contributed by atoms with E-state index in [4.69, 9.17) is 4.74 Å². The molecule has 142 valence electrons. The molecule has 0 bridgehead atoms. The van der Waals surface area contributed by atoms with Crippen LogP contribution in [0.1, 0.15) is 51.4 Å². The lowest BCUT2D eigenvalue weighted by Gasteiger charge is -2.30. The van der Waals surface area contributed by atoms with Crippen LogP contribution in [0.2, 0.25) is 0 Å². The average Bonchev–Trinajstić information content (AvgIpc) is 3.23. The molecule has 4 aliphatic rings. The van der Waals surface area contributed by atoms with Crippen LogP contribution in [0.15, 0.2) is 0 Å². The number of carbonyl (C=O) groups excluding carboxylic acids is 1. The van der Waals surface area contributed by atoms with Gasteiger partial charge in [0, 0.05) is 30.9 Å². The minimum absolute atomic E-state index is 0.0276. The lowest BCUT2D eigenvalue weighted by Crippen LogP contribution is -2.44. The Morgan fingerprint density at radius 2 is 2.04 bits per heavy atom. The predicted molar refractivity (Wildman–Crippen MR) is 97.9 cm³/mol. The van der Waals surface area contributed by atoms with Crippen molar-refractivity contribution < 1.29 is 13.9 Å². The Bertz CT molecular complexity index is 480. The van der Waals surface area contributed by atoms with Gasteiger partial charge in [-0.3, -0.25) is 10.1 Å². The second kappa shape index (κ2) is 8.13. The van der Waals surface area contributed by atoms with Gasteiger partial charge in [-0.15, -0.1) is 11.8 Å². The fourth-order valence-electron chi connectivity index (χ4n) is 5.17. The van der Waals surface area contributed by atoms with Crippen LogP contribution in [0.4, 0.5) is 4.39 Å². The molecule has 1 amide bonds. The van der Waals surface area contributed by atoms with E-state index < -0.39 is 6.17 Å². The molecule has 2 saturated carbocycles. The van der Waals surface area contributed by atoms with Crippen molar-refractivity contribution in [1.29, 1.82) is 0 Å². The number of hydrogen-bond donors (Lipinski definition) is 2. The summed E-state index contributed by atoms with van der Waals surface area (Å²) in [5.41, 5.74) is 0.0276. The summed E-state index contributed by atoms with van der Waals surface area (Å²) in [5.74, 6) is 2.14. The molecule has 2 aliphatic carbocycles. The highest BCUT2D eigenvalue weighted by atomic mass is 32.2. The third-order valence-corrected chi connectivity index (χ3v) is 7.92. The first-order valence-corrected chi connectivity index (χ1v) is 11.0. The van der Waals surface area contributed by atoms with Crippen molar-refractivity contribution in [3.05, 3.63) is 0 Å². The fraction of sp³-hybridized carbons (Fsp3) is 0.947. The standard InChI is InChI=1S/C19H31FN2O2S/c20-16-3-1-2-12(6-16)7-17-9-21-19(25-17)22-18(23)13-4-5-14-10-24-11-15(14)8-13/h12-17,19,21H,1-11H2,(H,22,23). The van der Waals surface area contributed by atoms with Gasteiger partial charge in [0.25, 0.3) is 0 Å². The van der Waals surface area contributed by atoms with E-state index in [1.807, 2.05) is 11.8 Å². The highest BCUT2D eigenvalue weighted by molar-refractivity contribution is 8.00. The highest BCUT2D eigenvalue weighted by Gasteiger charge is 2.38. The number of hydrogen-bond acceptors (Lipinski definition) is 4. The van der Waals surface area contributed by atoms with Crippen LogP contribution in [-0.2, 0) is 9.53 Å². The number of ether oxygens (including phenoxy) is 1. The maximum atomic E-state index is 13.6. The van der Waals surface area contributed by atoms with Gasteiger partial charge >= 0.3 is 0 Å². The number of thioether (sulfide) groups is 1. The summed E-state index contributed by atoms with van der Waals surface area (Å²) in [6, 6.07) is 0. The van der Waals surface area contributed by atoms with Crippen LogP contribution >= 0.6 is 11.8 Å². The van der Waals surface area contributed by atoms with Crippen LogP contribution < -0.4 is 10.6 Å². The number of amides is 1. The summed E-state index contributed by atoms with van der Waals surface area (Å²) in [5, 5.41) is 7.14. The molecular formula is C19H31FN2O2S. The summed E-state index contributed by atoms with van der Waals surface area (Å²) in [4.78, 5) is 12.6. The zero-order chi connectivity index (χ0) is 17.2. The quantitative estimate of drug-likeness (QED) is 0.799. The molecule has 4 nitrogen and oxygen atoms in total. The first-order chi connectivity index (χ1) is 12.2. The van der Waals surface area contributed by atoms with Gasteiger partial charge < -0.3 is 10.1 Å². The third kappa shape index (κ3) is 4.51. The number of carbonyl (C=O) groups is 1. The SMILES string of the molecule is O=C(NC1NCC(CC2CCCC(F)C2)S1)C1CCC2COCC2C1. The molecular weight excluding hydrogens is 339 g/mol. The zero-order valence-electron chi connectivity index (χ0n) is 14.9. The Morgan fingerprint density at radius 1 is 1.16 bits per heavy atom. The molecule has 2 heterocycles. The summed E-state index contributed by atoms with van der Waals surface area (Å²) in [6.45, 7) is 2.65. The zero-order valence-corrected chi connectivity index (χ0v) is 15.7. The summed E-state index contributed by atoms with van der Waals surface area (Å²) in [6.07, 6.45) is 7.28. The number of rotatable bonds is 4. The van der Waals surface area contributed by atoms with E-state index in [0.717, 1.165) is 64.7 Å². The van der Waals surface area contributed by atoms with Crippen molar-refractivity contribution in [3.63, 3.8) is 0 Å². The van der Waals surface area contributed by atoms with Crippen LogP contribution in [-0.4, -0.2) is 42.6 Å². The molecule has 0 radical (unpaired) electrons. The number of nitrogens with one attached hydrogen (secondary N) is 2. The van der Waals surface area contributed by atoms with Crippen LogP contribution in [0, 0.1) is 23.7 Å². The molecule has 7 unspecified atom stereocenters. The first kappa shape index (κ1) is 18.1. The number of halogens is 1. The van der Waals surface area contributed by atoms with Crippen LogP contribution in [0.3, 0.4) is 0 Å². The Morgan fingerprint density at radius 3 is 2.92 bits per heavy atom. The molecule has 0 aromatic carbocycles. The predicted octanol–water partition coefficient (Wildman–Crippen LogP) is 3.07. The maximum Gasteiger partial charge on any atom is 0.224 e. The summed E-state index contributed by atoms with van der Waals surface area (Å²) in [7, 11) is 0. The Hall–Kier alpha value is -0.330. The van der Waals surface area contributed by atoms with Crippen LogP contribution in [0.25, 0.3) is 0 Å². The highest BCUT2D eigenvalue weighted by Crippen LogP contribution is 2.38. The summed E-state index contributed by atoms with van der Waals surface area (Å²) < 4.78 is 19.1. The van der Waals surface area contributed by atoms with Crippen molar-refractivity contribution in [2.45, 2.75) is 68.3 Å². The normalized spacial score (nSPS) is 44.4. The van der Waals surface area contributed by atoms with Gasteiger partial charge in [-0.25, -0.2) is 4.39 Å². The van der Waals surface area contributed by atoms with Gasteiger partial charge in [0.05, 0.1) is 0 Å². The van der Waals surface area contributed by atoms with Crippen molar-refractivity contribution in [2.75, 3.05) is 19.8 Å². The molecule has 25 heavy (non-hydrogen) atoms. The van der Waals surface area contributed by atoms with Gasteiger partial charge in [-0.1, -0.05) is 12.8 Å². The Balaban J connectivity index is 1.20. The molecule has 2 aliphatic heterocycles. The van der Waals surface area contributed by atoms with E-state index in [-0.39, 0.29) is 17.3 Å². The molecule has 6 heteroatoms. The molecule has 0 aromatic heterocycles. The average molecular weight is 371 g/mol. The molecule has 2 N–H and O–H groups in total. The molecule has 4 rings (SSSR count).